The molecule has 0 aromatic heterocycles. The molecule has 1 N–H and O–H groups in total. The Morgan fingerprint density at radius 3 is 2.54 bits per heavy atom. The van der Waals surface area contributed by atoms with Gasteiger partial charge >= 0.3 is 6.03 Å². The Morgan fingerprint density at radius 2 is 1.96 bits per heavy atom. The molecule has 2 amide bonds. The molecule has 1 fully saturated rings. The van der Waals surface area contributed by atoms with E-state index in [4.69, 9.17) is 9.47 Å². The Kier molecular flexibility index (Phi) is 5.75. The van der Waals surface area contributed by atoms with Gasteiger partial charge in [-0.25, -0.2) is 4.79 Å². The van der Waals surface area contributed by atoms with Gasteiger partial charge in [0.25, 0.3) is 0 Å². The van der Waals surface area contributed by atoms with Crippen LogP contribution in [0.1, 0.15) is 40.2 Å². The molecule has 5 nitrogen and oxygen atoms in total. The van der Waals surface area contributed by atoms with Crippen LogP contribution >= 0.6 is 0 Å². The van der Waals surface area contributed by atoms with Crippen LogP contribution in [0.15, 0.2) is 24.3 Å². The smallest absolute Gasteiger partial charge is 0.317 e. The Balaban J connectivity index is 1.72. The molecule has 5 heteroatoms. The number of benzene rings is 1. The molecule has 0 aliphatic carbocycles. The second kappa shape index (κ2) is 7.43. The average Bonchev–Trinajstić information content (AvgIpc) is 2.50. The van der Waals surface area contributed by atoms with Gasteiger partial charge in [0.2, 0.25) is 0 Å². The molecular formula is C19H30N2O3. The predicted octanol–water partition coefficient (Wildman–Crippen LogP) is 3.18. The van der Waals surface area contributed by atoms with E-state index in [1.807, 2.05) is 26.0 Å². The van der Waals surface area contributed by atoms with Crippen LogP contribution < -0.4 is 10.1 Å². The molecule has 0 spiro atoms. The van der Waals surface area contributed by atoms with Gasteiger partial charge in [-0.2, -0.15) is 0 Å². The van der Waals surface area contributed by atoms with Gasteiger partial charge in [0.05, 0.1) is 25.3 Å². The number of amides is 2. The normalized spacial score (nSPS) is 17.5. The first-order valence-electron chi connectivity index (χ1n) is 8.57. The van der Waals surface area contributed by atoms with Crippen LogP contribution in [0.5, 0.6) is 5.75 Å². The van der Waals surface area contributed by atoms with Gasteiger partial charge in [0.15, 0.2) is 0 Å². The first-order valence-corrected chi connectivity index (χ1v) is 8.57. The number of hydrogen-bond acceptors (Lipinski definition) is 3. The average molecular weight is 334 g/mol. The molecule has 0 unspecified atom stereocenters. The van der Waals surface area contributed by atoms with Gasteiger partial charge in [0, 0.05) is 6.54 Å². The maximum atomic E-state index is 12.2. The van der Waals surface area contributed by atoms with E-state index < -0.39 is 0 Å². The van der Waals surface area contributed by atoms with Crippen molar-refractivity contribution in [2.45, 2.75) is 45.6 Å². The summed E-state index contributed by atoms with van der Waals surface area (Å²) in [7, 11) is 0. The Labute approximate surface area is 145 Å². The predicted molar refractivity (Wildman–Crippen MR) is 95.6 cm³/mol. The van der Waals surface area contributed by atoms with E-state index in [9.17, 15) is 4.79 Å². The molecule has 0 atom stereocenters. The second-order valence-electron chi connectivity index (χ2n) is 7.88. The molecule has 0 radical (unpaired) electrons. The Bertz CT molecular complexity index is 547. The van der Waals surface area contributed by atoms with Crippen molar-refractivity contribution < 1.29 is 14.3 Å². The monoisotopic (exact) mass is 334 g/mol. The number of carbonyl (C=O) groups excluding carboxylic acids is 1. The topological polar surface area (TPSA) is 50.8 Å². The van der Waals surface area contributed by atoms with E-state index in [-0.39, 0.29) is 17.0 Å². The van der Waals surface area contributed by atoms with Crippen LogP contribution in [0.2, 0.25) is 0 Å². The highest BCUT2D eigenvalue weighted by Gasteiger charge is 2.29. The van der Waals surface area contributed by atoms with Crippen LogP contribution in [0.25, 0.3) is 0 Å². The first kappa shape index (κ1) is 18.6. The first-order chi connectivity index (χ1) is 11.2. The molecule has 0 saturated carbocycles. The zero-order valence-electron chi connectivity index (χ0n) is 15.5. The molecule has 1 heterocycles. The number of morpholine rings is 1. The summed E-state index contributed by atoms with van der Waals surface area (Å²) in [6.07, 6.45) is 0. The highest BCUT2D eigenvalue weighted by atomic mass is 16.5. The summed E-state index contributed by atoms with van der Waals surface area (Å²) in [5.41, 5.74) is 1.14. The summed E-state index contributed by atoms with van der Waals surface area (Å²) in [5.74, 6) is 0.824. The van der Waals surface area contributed by atoms with Crippen molar-refractivity contribution in [3.05, 3.63) is 29.8 Å². The molecule has 0 bridgehead atoms. The lowest BCUT2D eigenvalue weighted by Gasteiger charge is -2.38. The van der Waals surface area contributed by atoms with Crippen molar-refractivity contribution in [3.63, 3.8) is 0 Å². The van der Waals surface area contributed by atoms with E-state index in [2.05, 4.69) is 38.2 Å². The molecule has 134 valence electrons. The van der Waals surface area contributed by atoms with Crippen LogP contribution in [-0.2, 0) is 10.2 Å². The lowest BCUT2D eigenvalue weighted by molar-refractivity contribution is -0.0733. The lowest BCUT2D eigenvalue weighted by Crippen LogP contribution is -2.53. The summed E-state index contributed by atoms with van der Waals surface area (Å²) in [6.45, 7) is 13.3. The fourth-order valence-corrected chi connectivity index (χ4v) is 2.68. The third-order valence-electron chi connectivity index (χ3n) is 4.08. The number of rotatable bonds is 4. The minimum atomic E-state index is -0.277. The third kappa shape index (κ3) is 5.41. The van der Waals surface area contributed by atoms with Crippen LogP contribution in [0.3, 0.4) is 0 Å². The largest absolute Gasteiger partial charge is 0.492 e. The minimum absolute atomic E-state index is 0.0574. The fourth-order valence-electron chi connectivity index (χ4n) is 2.68. The maximum Gasteiger partial charge on any atom is 0.317 e. The molecule has 1 aliphatic rings. The number of nitrogens with one attached hydrogen (secondary N) is 1. The number of carbonyl (C=O) groups is 1. The zero-order valence-corrected chi connectivity index (χ0v) is 15.5. The van der Waals surface area contributed by atoms with Gasteiger partial charge in [0.1, 0.15) is 12.4 Å². The van der Waals surface area contributed by atoms with Crippen molar-refractivity contribution in [3.8, 4) is 5.75 Å². The molecule has 1 aromatic rings. The van der Waals surface area contributed by atoms with Crippen LogP contribution in [0, 0.1) is 0 Å². The highest BCUT2D eigenvalue weighted by molar-refractivity contribution is 5.74. The van der Waals surface area contributed by atoms with Crippen molar-refractivity contribution in [2.24, 2.45) is 0 Å². The summed E-state index contributed by atoms with van der Waals surface area (Å²) in [4.78, 5) is 13.9. The third-order valence-corrected chi connectivity index (χ3v) is 4.08. The minimum Gasteiger partial charge on any atom is -0.492 e. The van der Waals surface area contributed by atoms with Gasteiger partial charge < -0.3 is 19.7 Å². The van der Waals surface area contributed by atoms with E-state index in [1.54, 1.807) is 4.90 Å². The van der Waals surface area contributed by atoms with E-state index in [0.717, 1.165) is 5.75 Å². The SMILES string of the molecule is CC1(C)CN(C(=O)NCCOc2ccc(C(C)(C)C)cc2)CCO1. The number of nitrogens with zero attached hydrogens (tertiary/aromatic N) is 1. The van der Waals surface area contributed by atoms with Crippen molar-refractivity contribution >= 4 is 6.03 Å². The standard InChI is InChI=1S/C19H30N2O3/c1-18(2,3)15-6-8-16(9-7-15)23-12-10-20-17(22)21-11-13-24-19(4,5)14-21/h6-9H,10-14H2,1-5H3,(H,20,22). The molecule has 1 saturated heterocycles. The zero-order chi connectivity index (χ0) is 17.8. The van der Waals surface area contributed by atoms with Crippen molar-refractivity contribution in [1.29, 1.82) is 0 Å². The molecular weight excluding hydrogens is 304 g/mol. The molecule has 2 rings (SSSR count). The number of urea groups is 1. The summed E-state index contributed by atoms with van der Waals surface area (Å²) < 4.78 is 11.3. The molecule has 1 aromatic carbocycles. The number of ether oxygens (including phenoxy) is 2. The van der Waals surface area contributed by atoms with Crippen molar-refractivity contribution in [2.75, 3.05) is 32.8 Å². The van der Waals surface area contributed by atoms with Gasteiger partial charge in [-0.3, -0.25) is 0 Å². The Morgan fingerprint density at radius 1 is 1.29 bits per heavy atom. The summed E-state index contributed by atoms with van der Waals surface area (Å²) in [5, 5.41) is 2.90. The van der Waals surface area contributed by atoms with Gasteiger partial charge in [-0.1, -0.05) is 32.9 Å². The van der Waals surface area contributed by atoms with E-state index >= 15 is 0 Å². The maximum absolute atomic E-state index is 12.2. The quantitative estimate of drug-likeness (QED) is 0.861. The number of hydrogen-bond donors (Lipinski definition) is 1. The van der Waals surface area contributed by atoms with E-state index in [0.29, 0.717) is 32.8 Å². The van der Waals surface area contributed by atoms with Gasteiger partial charge in [-0.05, 0) is 37.0 Å². The summed E-state index contributed by atoms with van der Waals surface area (Å²) >= 11 is 0. The lowest BCUT2D eigenvalue weighted by atomic mass is 9.87. The Hall–Kier alpha value is -1.75. The van der Waals surface area contributed by atoms with E-state index in [1.165, 1.54) is 5.56 Å². The van der Waals surface area contributed by atoms with Crippen LogP contribution in [-0.4, -0.2) is 49.4 Å². The van der Waals surface area contributed by atoms with Crippen LogP contribution in [0.4, 0.5) is 4.79 Å². The highest BCUT2D eigenvalue weighted by Crippen LogP contribution is 2.24. The second-order valence-corrected chi connectivity index (χ2v) is 7.88. The summed E-state index contributed by atoms with van der Waals surface area (Å²) in [6, 6.07) is 8.07. The van der Waals surface area contributed by atoms with Gasteiger partial charge in [-0.15, -0.1) is 0 Å². The fraction of sp³-hybridized carbons (Fsp3) is 0.632. The molecule has 24 heavy (non-hydrogen) atoms. The van der Waals surface area contributed by atoms with Crippen molar-refractivity contribution in [1.82, 2.24) is 10.2 Å². The molecule has 1 aliphatic heterocycles.